The van der Waals surface area contributed by atoms with Crippen molar-refractivity contribution in [3.05, 3.63) is 11.6 Å². The van der Waals surface area contributed by atoms with Crippen molar-refractivity contribution in [2.45, 2.75) is 112 Å². The van der Waals surface area contributed by atoms with Gasteiger partial charge in [0.15, 0.2) is 0 Å². The molecule has 0 amide bonds. The molecule has 0 aromatic carbocycles. The molecule has 5 rings (SSSR count). The van der Waals surface area contributed by atoms with E-state index in [-0.39, 0.29) is 33.7 Å². The fourth-order valence-electron chi connectivity index (χ4n) is 10.8. The Bertz CT molecular complexity index is 874. The topological polar surface area (TPSA) is 57.5 Å². The minimum Gasteiger partial charge on any atom is -0.481 e. The SMILES string of the molecule is CC1CCC2(C(=O)O)CC[C@]3(C)C(=CCC4C5(C)CCC(O)C(C)(C)C5CCC43C)C2C1C. The van der Waals surface area contributed by atoms with Gasteiger partial charge in [0.2, 0.25) is 0 Å². The molecule has 0 aromatic rings. The minimum atomic E-state index is -0.557. The Labute approximate surface area is 201 Å². The number of rotatable bonds is 1. The van der Waals surface area contributed by atoms with Gasteiger partial charge in [-0.1, -0.05) is 60.1 Å². The van der Waals surface area contributed by atoms with Crippen molar-refractivity contribution in [1.82, 2.24) is 0 Å². The normalized spacial score (nSPS) is 55.3. The highest BCUT2D eigenvalue weighted by Crippen LogP contribution is 2.75. The molecule has 5 aliphatic rings. The average Bonchev–Trinajstić information content (AvgIpc) is 2.74. The van der Waals surface area contributed by atoms with Crippen LogP contribution in [0.2, 0.25) is 0 Å². The number of allylic oxidation sites excluding steroid dienone is 2. The van der Waals surface area contributed by atoms with Crippen molar-refractivity contribution >= 4 is 5.97 Å². The maximum absolute atomic E-state index is 12.8. The van der Waals surface area contributed by atoms with Crippen molar-refractivity contribution in [3.8, 4) is 0 Å². The molecule has 10 atom stereocenters. The standard InChI is InChI=1S/C30H48O3/c1-18-10-15-30(25(32)33)17-16-28(6)20(24(30)19(18)2)8-9-22-27(5)13-12-23(31)26(3,4)21(27)11-14-29(22,28)7/h8,18-19,21-24,31H,9-17H2,1-7H3,(H,32,33)/t18?,19?,21?,22?,23?,24?,27?,28-,29?,30?/m1/s1. The van der Waals surface area contributed by atoms with Crippen LogP contribution in [0.3, 0.4) is 0 Å². The van der Waals surface area contributed by atoms with E-state index in [1.807, 2.05) is 0 Å². The quantitative estimate of drug-likeness (QED) is 0.414. The van der Waals surface area contributed by atoms with E-state index in [2.05, 4.69) is 54.5 Å². The van der Waals surface area contributed by atoms with E-state index < -0.39 is 11.4 Å². The lowest BCUT2D eigenvalue weighted by Gasteiger charge is -2.71. The fourth-order valence-corrected chi connectivity index (χ4v) is 10.8. The van der Waals surface area contributed by atoms with Crippen molar-refractivity contribution in [3.63, 3.8) is 0 Å². The van der Waals surface area contributed by atoms with Crippen LogP contribution >= 0.6 is 0 Å². The second kappa shape index (κ2) is 7.11. The number of carboxylic acids is 1. The molecular weight excluding hydrogens is 408 g/mol. The molecule has 9 unspecified atom stereocenters. The molecule has 0 aliphatic heterocycles. The molecule has 0 spiro atoms. The number of aliphatic hydroxyl groups excluding tert-OH is 1. The summed E-state index contributed by atoms with van der Waals surface area (Å²) >= 11 is 0. The molecular formula is C30H48O3. The van der Waals surface area contributed by atoms with Crippen molar-refractivity contribution in [2.75, 3.05) is 0 Å². The van der Waals surface area contributed by atoms with Crippen LogP contribution < -0.4 is 0 Å². The second-order valence-corrected chi connectivity index (χ2v) is 14.5. The van der Waals surface area contributed by atoms with Gasteiger partial charge in [0, 0.05) is 0 Å². The van der Waals surface area contributed by atoms with E-state index in [1.165, 1.54) is 18.4 Å². The van der Waals surface area contributed by atoms with Gasteiger partial charge in [-0.2, -0.15) is 0 Å². The third-order valence-electron chi connectivity index (χ3n) is 13.4. The molecule has 0 saturated heterocycles. The summed E-state index contributed by atoms with van der Waals surface area (Å²) in [5.74, 6) is 1.82. The number of carboxylic acid groups (broad SMARTS) is 1. The van der Waals surface area contributed by atoms with E-state index in [0.717, 1.165) is 44.9 Å². The Morgan fingerprint density at radius 1 is 0.909 bits per heavy atom. The zero-order chi connectivity index (χ0) is 24.2. The maximum atomic E-state index is 12.8. The molecule has 186 valence electrons. The predicted octanol–water partition coefficient (Wildman–Crippen LogP) is 7.09. The van der Waals surface area contributed by atoms with Crippen LogP contribution in [0.5, 0.6) is 0 Å². The molecule has 0 bridgehead atoms. The number of fused-ring (bicyclic) bond motifs is 7. The molecule has 4 saturated carbocycles. The van der Waals surface area contributed by atoms with E-state index in [9.17, 15) is 15.0 Å². The molecule has 0 heterocycles. The highest BCUT2D eigenvalue weighted by Gasteiger charge is 2.69. The largest absolute Gasteiger partial charge is 0.481 e. The van der Waals surface area contributed by atoms with Crippen LogP contribution in [0.4, 0.5) is 0 Å². The molecule has 5 aliphatic carbocycles. The smallest absolute Gasteiger partial charge is 0.310 e. The Morgan fingerprint density at radius 3 is 2.27 bits per heavy atom. The zero-order valence-electron chi connectivity index (χ0n) is 22.2. The summed E-state index contributed by atoms with van der Waals surface area (Å²) in [7, 11) is 0. The van der Waals surface area contributed by atoms with E-state index in [1.54, 1.807) is 0 Å². The third kappa shape index (κ3) is 2.75. The molecule has 33 heavy (non-hydrogen) atoms. The first-order valence-electron chi connectivity index (χ1n) is 13.9. The van der Waals surface area contributed by atoms with E-state index >= 15 is 0 Å². The average molecular weight is 457 g/mol. The van der Waals surface area contributed by atoms with Gasteiger partial charge >= 0.3 is 5.97 Å². The van der Waals surface area contributed by atoms with E-state index in [0.29, 0.717) is 23.7 Å². The molecule has 2 N–H and O–H groups in total. The summed E-state index contributed by atoms with van der Waals surface area (Å²) in [6.45, 7) is 17.0. The highest BCUT2D eigenvalue weighted by molar-refractivity contribution is 5.76. The van der Waals surface area contributed by atoms with Crippen LogP contribution in [0, 0.1) is 56.7 Å². The lowest BCUT2D eigenvalue weighted by molar-refractivity contribution is -0.206. The lowest BCUT2D eigenvalue weighted by Crippen LogP contribution is -2.65. The summed E-state index contributed by atoms with van der Waals surface area (Å²) in [4.78, 5) is 12.8. The van der Waals surface area contributed by atoms with Crippen molar-refractivity contribution in [2.24, 2.45) is 56.7 Å². The summed E-state index contributed by atoms with van der Waals surface area (Å²) < 4.78 is 0. The number of aliphatic carboxylic acids is 1. The van der Waals surface area contributed by atoms with Gasteiger partial charge in [0.05, 0.1) is 11.5 Å². The molecule has 3 heteroatoms. The summed E-state index contributed by atoms with van der Waals surface area (Å²) in [6, 6.07) is 0. The van der Waals surface area contributed by atoms with Gasteiger partial charge in [0.25, 0.3) is 0 Å². The van der Waals surface area contributed by atoms with Crippen LogP contribution in [0.1, 0.15) is 106 Å². The molecule has 3 nitrogen and oxygen atoms in total. The highest BCUT2D eigenvalue weighted by atomic mass is 16.4. The Morgan fingerprint density at radius 2 is 1.61 bits per heavy atom. The summed E-state index contributed by atoms with van der Waals surface area (Å²) in [5.41, 5.74) is 1.46. The molecule has 0 aromatic heterocycles. The predicted molar refractivity (Wildman–Crippen MR) is 133 cm³/mol. The lowest BCUT2D eigenvalue weighted by atomic mass is 9.33. The molecule has 0 radical (unpaired) electrons. The zero-order valence-corrected chi connectivity index (χ0v) is 22.2. The first-order chi connectivity index (χ1) is 15.3. The monoisotopic (exact) mass is 456 g/mol. The number of aliphatic hydroxyl groups is 1. The Balaban J connectivity index is 1.61. The van der Waals surface area contributed by atoms with Crippen LogP contribution in [-0.4, -0.2) is 22.3 Å². The first-order valence-corrected chi connectivity index (χ1v) is 13.9. The van der Waals surface area contributed by atoms with Crippen LogP contribution in [-0.2, 0) is 4.79 Å². The number of hydrogen-bond donors (Lipinski definition) is 2. The maximum Gasteiger partial charge on any atom is 0.310 e. The van der Waals surface area contributed by atoms with Gasteiger partial charge in [-0.15, -0.1) is 0 Å². The van der Waals surface area contributed by atoms with Crippen molar-refractivity contribution < 1.29 is 15.0 Å². The van der Waals surface area contributed by atoms with Gasteiger partial charge in [-0.05, 0) is 109 Å². The first kappa shape index (κ1) is 23.9. The van der Waals surface area contributed by atoms with Crippen LogP contribution in [0.15, 0.2) is 11.6 Å². The fraction of sp³-hybridized carbons (Fsp3) is 0.900. The third-order valence-corrected chi connectivity index (χ3v) is 13.4. The molecule has 4 fully saturated rings. The summed E-state index contributed by atoms with van der Waals surface area (Å²) in [5, 5.41) is 21.4. The van der Waals surface area contributed by atoms with Gasteiger partial charge in [-0.25, -0.2) is 0 Å². The van der Waals surface area contributed by atoms with Gasteiger partial charge in [-0.3, -0.25) is 4.79 Å². The van der Waals surface area contributed by atoms with Crippen molar-refractivity contribution in [1.29, 1.82) is 0 Å². The Hall–Kier alpha value is -0.830. The Kier molecular flexibility index (Phi) is 5.15. The van der Waals surface area contributed by atoms with Gasteiger partial charge in [0.1, 0.15) is 0 Å². The number of hydrogen-bond acceptors (Lipinski definition) is 2. The second-order valence-electron chi connectivity index (χ2n) is 14.5. The summed E-state index contributed by atoms with van der Waals surface area (Å²) in [6.07, 6.45) is 11.6. The van der Waals surface area contributed by atoms with E-state index in [4.69, 9.17) is 0 Å². The van der Waals surface area contributed by atoms with Crippen LogP contribution in [0.25, 0.3) is 0 Å². The minimum absolute atomic E-state index is 0.0302. The van der Waals surface area contributed by atoms with Gasteiger partial charge < -0.3 is 10.2 Å². The number of carbonyl (C=O) groups is 1.